The van der Waals surface area contributed by atoms with Gasteiger partial charge in [-0.15, -0.1) is 0 Å². The van der Waals surface area contributed by atoms with Crippen LogP contribution in [0.3, 0.4) is 0 Å². The van der Waals surface area contributed by atoms with E-state index in [4.69, 9.17) is 5.26 Å². The highest BCUT2D eigenvalue weighted by Crippen LogP contribution is 2.18. The average Bonchev–Trinajstić information content (AvgIpc) is 3.01. The van der Waals surface area contributed by atoms with E-state index in [2.05, 4.69) is 16.7 Å². The minimum Gasteiger partial charge on any atom is -0.353 e. The van der Waals surface area contributed by atoms with E-state index in [9.17, 15) is 4.79 Å². The molecule has 0 aromatic carbocycles. The predicted molar refractivity (Wildman–Crippen MR) is 62.7 cm³/mol. The molecule has 0 saturated heterocycles. The molecule has 0 unspecified atom stereocenters. The lowest BCUT2D eigenvalue weighted by atomic mass is 9.91. The number of hydrogen-bond acceptors (Lipinski definition) is 3. The van der Waals surface area contributed by atoms with Crippen molar-refractivity contribution in [3.8, 4) is 6.07 Å². The van der Waals surface area contributed by atoms with Gasteiger partial charge in [-0.05, 0) is 39.7 Å². The van der Waals surface area contributed by atoms with Gasteiger partial charge in [0.25, 0.3) is 0 Å². The summed E-state index contributed by atoms with van der Waals surface area (Å²) >= 11 is 0. The molecule has 1 rings (SSSR count). The van der Waals surface area contributed by atoms with Crippen LogP contribution in [-0.4, -0.2) is 25.0 Å². The van der Waals surface area contributed by atoms with Crippen LogP contribution in [0.15, 0.2) is 0 Å². The van der Waals surface area contributed by atoms with Crippen molar-refractivity contribution in [2.24, 2.45) is 5.41 Å². The Labute approximate surface area is 97.4 Å². The molecule has 1 fully saturated rings. The Hall–Kier alpha value is -1.08. The van der Waals surface area contributed by atoms with Gasteiger partial charge in [0.05, 0.1) is 11.5 Å². The van der Waals surface area contributed by atoms with E-state index in [1.54, 1.807) is 0 Å². The fourth-order valence-corrected chi connectivity index (χ4v) is 1.31. The van der Waals surface area contributed by atoms with Gasteiger partial charge in [0.2, 0.25) is 5.91 Å². The Morgan fingerprint density at radius 3 is 2.69 bits per heavy atom. The quantitative estimate of drug-likeness (QED) is 0.637. The summed E-state index contributed by atoms with van der Waals surface area (Å²) in [5, 5.41) is 14.9. The van der Waals surface area contributed by atoms with Crippen molar-refractivity contribution in [1.29, 1.82) is 5.26 Å². The third kappa shape index (κ3) is 5.72. The lowest BCUT2D eigenvalue weighted by Crippen LogP contribution is -2.30. The van der Waals surface area contributed by atoms with Crippen LogP contribution in [0.1, 0.15) is 39.5 Å². The zero-order valence-electron chi connectivity index (χ0n) is 10.2. The summed E-state index contributed by atoms with van der Waals surface area (Å²) in [5.74, 6) is 0.134. The molecule has 1 saturated carbocycles. The molecule has 0 aromatic heterocycles. The number of nitrogens with one attached hydrogen (secondary N) is 2. The normalized spacial score (nSPS) is 15.6. The monoisotopic (exact) mass is 223 g/mol. The third-order valence-electron chi connectivity index (χ3n) is 2.70. The van der Waals surface area contributed by atoms with E-state index in [0.717, 1.165) is 25.8 Å². The molecule has 0 radical (unpaired) electrons. The maximum absolute atomic E-state index is 11.3. The second-order valence-electron chi connectivity index (χ2n) is 5.09. The summed E-state index contributed by atoms with van der Waals surface area (Å²) in [6, 6.07) is 2.71. The van der Waals surface area contributed by atoms with Crippen LogP contribution in [-0.2, 0) is 4.79 Å². The zero-order valence-corrected chi connectivity index (χ0v) is 10.2. The van der Waals surface area contributed by atoms with Crippen molar-refractivity contribution in [1.82, 2.24) is 10.6 Å². The second-order valence-corrected chi connectivity index (χ2v) is 5.09. The Balaban J connectivity index is 1.95. The first-order valence-corrected chi connectivity index (χ1v) is 5.95. The van der Waals surface area contributed by atoms with Crippen molar-refractivity contribution in [2.45, 2.75) is 45.6 Å². The van der Waals surface area contributed by atoms with Gasteiger partial charge >= 0.3 is 0 Å². The first-order chi connectivity index (χ1) is 7.53. The molecule has 4 heteroatoms. The summed E-state index contributed by atoms with van der Waals surface area (Å²) in [6.45, 7) is 5.33. The summed E-state index contributed by atoms with van der Waals surface area (Å²) < 4.78 is 0. The summed E-state index contributed by atoms with van der Waals surface area (Å²) in [4.78, 5) is 11.3. The Kier molecular flexibility index (Phi) is 4.75. The van der Waals surface area contributed by atoms with Crippen LogP contribution in [0, 0.1) is 16.7 Å². The van der Waals surface area contributed by atoms with Crippen LogP contribution in [0.25, 0.3) is 0 Å². The molecular weight excluding hydrogens is 202 g/mol. The van der Waals surface area contributed by atoms with E-state index in [1.165, 1.54) is 0 Å². The minimum atomic E-state index is -0.275. The van der Waals surface area contributed by atoms with Crippen molar-refractivity contribution >= 4 is 5.91 Å². The van der Waals surface area contributed by atoms with Crippen LogP contribution in [0.5, 0.6) is 0 Å². The predicted octanol–water partition coefficient (Wildman–Crippen LogP) is 1.18. The molecule has 1 aliphatic carbocycles. The van der Waals surface area contributed by atoms with Gasteiger partial charge in [-0.1, -0.05) is 0 Å². The molecular formula is C12H21N3O. The highest BCUT2D eigenvalue weighted by molar-refractivity contribution is 5.76. The van der Waals surface area contributed by atoms with E-state index < -0.39 is 0 Å². The van der Waals surface area contributed by atoms with Crippen LogP contribution >= 0.6 is 0 Å². The number of nitrogens with zero attached hydrogens (tertiary/aromatic N) is 1. The Morgan fingerprint density at radius 1 is 1.44 bits per heavy atom. The van der Waals surface area contributed by atoms with Gasteiger partial charge in [-0.2, -0.15) is 5.26 Å². The highest BCUT2D eigenvalue weighted by Gasteiger charge is 2.22. The smallest absolute Gasteiger partial charge is 0.221 e. The Bertz CT molecular complexity index is 276. The van der Waals surface area contributed by atoms with Crippen LogP contribution in [0.2, 0.25) is 0 Å². The topological polar surface area (TPSA) is 64.9 Å². The van der Waals surface area contributed by atoms with Crippen molar-refractivity contribution in [2.75, 3.05) is 13.1 Å². The van der Waals surface area contributed by atoms with E-state index >= 15 is 0 Å². The fraction of sp³-hybridized carbons (Fsp3) is 0.833. The molecule has 4 nitrogen and oxygen atoms in total. The summed E-state index contributed by atoms with van der Waals surface area (Å²) in [6.07, 6.45) is 3.61. The molecule has 16 heavy (non-hydrogen) atoms. The standard InChI is InChI=1S/C12H21N3O/c1-12(2,9-13)6-8-14-7-5-11(16)15-10-3-4-10/h10,14H,3-8H2,1-2H3,(H,15,16). The van der Waals surface area contributed by atoms with Crippen LogP contribution < -0.4 is 10.6 Å². The largest absolute Gasteiger partial charge is 0.353 e. The summed E-state index contributed by atoms with van der Waals surface area (Å²) in [7, 11) is 0. The van der Waals surface area contributed by atoms with E-state index in [-0.39, 0.29) is 11.3 Å². The molecule has 90 valence electrons. The summed E-state index contributed by atoms with van der Waals surface area (Å²) in [5.41, 5.74) is -0.275. The van der Waals surface area contributed by atoms with Gasteiger partial charge < -0.3 is 10.6 Å². The van der Waals surface area contributed by atoms with E-state index in [0.29, 0.717) is 19.0 Å². The van der Waals surface area contributed by atoms with Gasteiger partial charge in [-0.25, -0.2) is 0 Å². The molecule has 0 aliphatic heterocycles. The van der Waals surface area contributed by atoms with Gasteiger partial charge in [-0.3, -0.25) is 4.79 Å². The lowest BCUT2D eigenvalue weighted by Gasteiger charge is -2.14. The molecule has 1 aliphatic rings. The first-order valence-electron chi connectivity index (χ1n) is 5.95. The first kappa shape index (κ1) is 13.0. The molecule has 0 spiro atoms. The minimum absolute atomic E-state index is 0.134. The molecule has 0 bridgehead atoms. The lowest BCUT2D eigenvalue weighted by molar-refractivity contribution is -0.121. The number of carbonyl (C=O) groups excluding carboxylic acids is 1. The van der Waals surface area contributed by atoms with Crippen LogP contribution in [0.4, 0.5) is 0 Å². The van der Waals surface area contributed by atoms with Gasteiger partial charge in [0.15, 0.2) is 0 Å². The number of hydrogen-bond donors (Lipinski definition) is 2. The number of carbonyl (C=O) groups is 1. The second kappa shape index (κ2) is 5.86. The SMILES string of the molecule is CC(C)(C#N)CCNCCC(=O)NC1CC1. The highest BCUT2D eigenvalue weighted by atomic mass is 16.1. The third-order valence-corrected chi connectivity index (χ3v) is 2.70. The van der Waals surface area contributed by atoms with Crippen molar-refractivity contribution in [3.05, 3.63) is 0 Å². The zero-order chi connectivity index (χ0) is 12.0. The maximum Gasteiger partial charge on any atom is 0.221 e. The van der Waals surface area contributed by atoms with Gasteiger partial charge in [0, 0.05) is 19.0 Å². The number of nitriles is 1. The maximum atomic E-state index is 11.3. The average molecular weight is 223 g/mol. The Morgan fingerprint density at radius 2 is 2.12 bits per heavy atom. The van der Waals surface area contributed by atoms with Crippen molar-refractivity contribution in [3.63, 3.8) is 0 Å². The molecule has 0 heterocycles. The molecule has 1 amide bonds. The number of rotatable bonds is 7. The fourth-order valence-electron chi connectivity index (χ4n) is 1.31. The van der Waals surface area contributed by atoms with Crippen molar-refractivity contribution < 1.29 is 4.79 Å². The number of amides is 1. The molecule has 2 N–H and O–H groups in total. The van der Waals surface area contributed by atoms with E-state index in [1.807, 2.05) is 13.8 Å². The molecule has 0 atom stereocenters. The molecule has 0 aromatic rings. The van der Waals surface area contributed by atoms with Gasteiger partial charge in [0.1, 0.15) is 0 Å².